The van der Waals surface area contributed by atoms with Crippen molar-refractivity contribution in [2.24, 2.45) is 0 Å². The Balaban J connectivity index is 2.11. The lowest BCUT2D eigenvalue weighted by molar-refractivity contribution is -0.119. The summed E-state index contributed by atoms with van der Waals surface area (Å²) in [7, 11) is 1.03. The fraction of sp³-hybridized carbons (Fsp3) is 0.875. The predicted molar refractivity (Wildman–Crippen MR) is 55.3 cm³/mol. The number of nitrogens with one attached hydrogen (secondary N) is 3. The van der Waals surface area contributed by atoms with Crippen LogP contribution in [0.4, 0.5) is 0 Å². The van der Waals surface area contributed by atoms with Gasteiger partial charge < -0.3 is 10.5 Å². The summed E-state index contributed by atoms with van der Waals surface area (Å²) in [5.74, 6) is 0.721. The first-order valence-electron chi connectivity index (χ1n) is 5.11. The number of carbonyl (C=O) groups is 1. The van der Waals surface area contributed by atoms with Crippen LogP contribution in [0.25, 0.3) is 0 Å². The topological polar surface area (TPSA) is 73.4 Å². The molecule has 1 amide bonds. The van der Waals surface area contributed by atoms with Gasteiger partial charge in [0.1, 0.15) is 7.28 Å². The summed E-state index contributed by atoms with van der Waals surface area (Å²) in [4.78, 5) is 10.8. The average Bonchev–Trinajstić information content (AvgIpc) is 2.52. The summed E-state index contributed by atoms with van der Waals surface area (Å²) < 4.78 is 0. The third kappa shape index (κ3) is 4.08. The van der Waals surface area contributed by atoms with Crippen LogP contribution in [0.2, 0.25) is 5.82 Å². The van der Waals surface area contributed by atoms with Crippen molar-refractivity contribution in [2.45, 2.75) is 38.0 Å². The molecule has 0 aromatic heterocycles. The molecule has 80 valence electrons. The third-order valence-corrected chi connectivity index (χ3v) is 2.71. The molecule has 14 heavy (non-hydrogen) atoms. The fourth-order valence-corrected chi connectivity index (χ4v) is 2.09. The van der Waals surface area contributed by atoms with Gasteiger partial charge in [0.2, 0.25) is 5.91 Å². The maximum absolute atomic E-state index is 10.8. The molecule has 0 aromatic rings. The highest BCUT2D eigenvalue weighted by molar-refractivity contribution is 6.37. The molecule has 0 saturated heterocycles. The van der Waals surface area contributed by atoms with Crippen LogP contribution >= 0.6 is 0 Å². The van der Waals surface area contributed by atoms with Gasteiger partial charge in [-0.2, -0.15) is 0 Å². The molecule has 1 aliphatic carbocycles. The molecule has 0 radical (unpaired) electrons. The molecule has 1 fully saturated rings. The molecule has 0 spiro atoms. The molecule has 0 aliphatic heterocycles. The van der Waals surface area contributed by atoms with E-state index in [-0.39, 0.29) is 5.91 Å². The minimum atomic E-state index is 0.0609. The minimum Gasteiger partial charge on any atom is -0.354 e. The van der Waals surface area contributed by atoms with E-state index in [4.69, 9.17) is 5.21 Å². The van der Waals surface area contributed by atoms with Gasteiger partial charge in [-0.25, -0.2) is 5.43 Å². The van der Waals surface area contributed by atoms with Crippen molar-refractivity contribution >= 4 is 13.2 Å². The van der Waals surface area contributed by atoms with Crippen molar-refractivity contribution in [1.29, 1.82) is 0 Å². The van der Waals surface area contributed by atoms with Crippen LogP contribution in [-0.2, 0) is 4.79 Å². The zero-order valence-corrected chi connectivity index (χ0v) is 8.55. The molecule has 0 bridgehead atoms. The molecule has 1 saturated carbocycles. The predicted octanol–water partition coefficient (Wildman–Crippen LogP) is -0.659. The first-order valence-corrected chi connectivity index (χ1v) is 5.11. The zero-order valence-electron chi connectivity index (χ0n) is 8.55. The summed E-state index contributed by atoms with van der Waals surface area (Å²) >= 11 is 0. The van der Waals surface area contributed by atoms with Gasteiger partial charge in [0.05, 0.1) is 0 Å². The highest BCUT2D eigenvalue weighted by atomic mass is 16.5. The van der Waals surface area contributed by atoms with E-state index < -0.39 is 0 Å². The molecule has 0 heterocycles. The third-order valence-electron chi connectivity index (χ3n) is 2.71. The van der Waals surface area contributed by atoms with Crippen LogP contribution < -0.4 is 16.3 Å². The van der Waals surface area contributed by atoms with Crippen molar-refractivity contribution in [3.63, 3.8) is 0 Å². The van der Waals surface area contributed by atoms with Crippen LogP contribution in [-0.4, -0.2) is 30.9 Å². The van der Waals surface area contributed by atoms with Gasteiger partial charge in [0, 0.05) is 13.0 Å². The average molecular weight is 199 g/mol. The van der Waals surface area contributed by atoms with Crippen molar-refractivity contribution in [2.75, 3.05) is 6.44 Å². The lowest BCUT2D eigenvalue weighted by Gasteiger charge is -2.11. The van der Waals surface area contributed by atoms with Crippen molar-refractivity contribution < 1.29 is 10.0 Å². The van der Waals surface area contributed by atoms with E-state index >= 15 is 0 Å². The molecular formula is C8H18BN3O2. The summed E-state index contributed by atoms with van der Waals surface area (Å²) in [6, 6.07) is 0.361. The summed E-state index contributed by atoms with van der Waals surface area (Å²) in [6.45, 7) is 1.56. The smallest absolute Gasteiger partial charge is 0.217 e. The van der Waals surface area contributed by atoms with Gasteiger partial charge in [-0.3, -0.25) is 4.79 Å². The van der Waals surface area contributed by atoms with Gasteiger partial charge in [0.25, 0.3) is 0 Å². The second-order valence-corrected chi connectivity index (χ2v) is 3.90. The van der Waals surface area contributed by atoms with Crippen molar-refractivity contribution in [3.05, 3.63) is 0 Å². The van der Waals surface area contributed by atoms with E-state index in [0.29, 0.717) is 11.9 Å². The molecule has 4 N–H and O–H groups in total. The number of hydrazine groups is 1. The van der Waals surface area contributed by atoms with E-state index in [1.54, 1.807) is 6.92 Å². The molecule has 6 heteroatoms. The van der Waals surface area contributed by atoms with Crippen LogP contribution in [0.15, 0.2) is 0 Å². The second kappa shape index (κ2) is 6.00. The summed E-state index contributed by atoms with van der Waals surface area (Å²) in [5.41, 5.74) is 4.56. The zero-order chi connectivity index (χ0) is 10.4. The minimum absolute atomic E-state index is 0.0609. The van der Waals surface area contributed by atoms with E-state index in [0.717, 1.165) is 33.0 Å². The molecule has 5 nitrogen and oxygen atoms in total. The van der Waals surface area contributed by atoms with Gasteiger partial charge in [-0.1, -0.05) is 12.2 Å². The van der Waals surface area contributed by atoms with Crippen LogP contribution in [0, 0.1) is 0 Å². The normalized spacial score (nSPS) is 26.1. The van der Waals surface area contributed by atoms with E-state index in [2.05, 4.69) is 10.7 Å². The Bertz CT molecular complexity index is 191. The fourth-order valence-electron chi connectivity index (χ4n) is 2.09. The number of amides is 1. The van der Waals surface area contributed by atoms with Gasteiger partial charge in [-0.15, -0.1) is 5.59 Å². The molecular weight excluding hydrogens is 181 g/mol. The van der Waals surface area contributed by atoms with Crippen LogP contribution in [0.3, 0.4) is 0 Å². The second-order valence-electron chi connectivity index (χ2n) is 3.90. The largest absolute Gasteiger partial charge is 0.354 e. The highest BCUT2D eigenvalue weighted by Crippen LogP contribution is 2.29. The lowest BCUT2D eigenvalue weighted by Crippen LogP contribution is -2.34. The van der Waals surface area contributed by atoms with Crippen LogP contribution in [0.1, 0.15) is 26.2 Å². The number of hydrogen-bond acceptors (Lipinski definition) is 4. The van der Waals surface area contributed by atoms with Gasteiger partial charge >= 0.3 is 0 Å². The lowest BCUT2D eigenvalue weighted by atomic mass is 9.63. The SMILES string of the molecule is CC(=O)N[C@H]1CC[C@@H](BCNNO)C1. The monoisotopic (exact) mass is 199 g/mol. The highest BCUT2D eigenvalue weighted by Gasteiger charge is 2.24. The summed E-state index contributed by atoms with van der Waals surface area (Å²) in [6.07, 6.45) is 4.06. The first kappa shape index (κ1) is 11.5. The Kier molecular flexibility index (Phi) is 4.93. The number of carbonyl (C=O) groups excluding carboxylic acids is 1. The van der Waals surface area contributed by atoms with Crippen LogP contribution in [0.5, 0.6) is 0 Å². The molecule has 0 aromatic carbocycles. The molecule has 2 atom stereocenters. The maximum atomic E-state index is 10.8. The van der Waals surface area contributed by atoms with Gasteiger partial charge in [-0.05, 0) is 19.3 Å². The standard InChI is InChI=1S/C8H18BN3O2/c1-6(13)11-8-3-2-7(4-8)9-5-10-12-14/h7-10,12,14H,2-5H2,1H3,(H,11,13)/t7-,8+/m1/s1. The molecule has 1 aliphatic rings. The number of rotatable bonds is 5. The Morgan fingerprint density at radius 1 is 1.57 bits per heavy atom. The maximum Gasteiger partial charge on any atom is 0.217 e. The van der Waals surface area contributed by atoms with E-state index in [1.165, 1.54) is 0 Å². The van der Waals surface area contributed by atoms with Crippen molar-refractivity contribution in [3.8, 4) is 0 Å². The summed E-state index contributed by atoms with van der Waals surface area (Å²) in [5, 5.41) is 11.2. The van der Waals surface area contributed by atoms with Gasteiger partial charge in [0.15, 0.2) is 0 Å². The Labute approximate surface area is 84.8 Å². The van der Waals surface area contributed by atoms with Crippen molar-refractivity contribution in [1.82, 2.24) is 16.3 Å². The molecule has 1 rings (SSSR count). The Morgan fingerprint density at radius 3 is 3.00 bits per heavy atom. The Morgan fingerprint density at radius 2 is 2.36 bits per heavy atom. The van der Waals surface area contributed by atoms with E-state index in [9.17, 15) is 4.79 Å². The quantitative estimate of drug-likeness (QED) is 0.269. The number of hydrogen-bond donors (Lipinski definition) is 4. The first-order chi connectivity index (χ1) is 6.72. The Hall–Kier alpha value is -0.585. The van der Waals surface area contributed by atoms with E-state index in [1.807, 2.05) is 5.59 Å². The molecule has 0 unspecified atom stereocenters.